The summed E-state index contributed by atoms with van der Waals surface area (Å²) in [5.74, 6) is -0.490. The van der Waals surface area contributed by atoms with Crippen molar-refractivity contribution in [2.45, 2.75) is 51.5 Å². The van der Waals surface area contributed by atoms with Crippen LogP contribution in [0.5, 0.6) is 0 Å². The number of carbonyl (C=O) groups is 1. The molecule has 0 spiro atoms. The molecule has 0 saturated heterocycles. The van der Waals surface area contributed by atoms with Crippen LogP contribution in [0.4, 0.5) is 0 Å². The molecule has 0 bridgehead atoms. The van der Waals surface area contributed by atoms with Crippen LogP contribution in [0.3, 0.4) is 0 Å². The number of nitrogens with zero attached hydrogens (tertiary/aromatic N) is 1. The van der Waals surface area contributed by atoms with Crippen molar-refractivity contribution in [2.75, 3.05) is 6.26 Å². The summed E-state index contributed by atoms with van der Waals surface area (Å²) in [4.78, 5) is 15.2. The number of sulfonamides is 1. The number of rotatable bonds is 5. The molecule has 7 heteroatoms. The van der Waals surface area contributed by atoms with E-state index in [0.29, 0.717) is 12.3 Å². The van der Waals surface area contributed by atoms with Gasteiger partial charge in [0.15, 0.2) is 0 Å². The maximum atomic E-state index is 11.2. The van der Waals surface area contributed by atoms with Gasteiger partial charge in [-0.3, -0.25) is 9.71 Å². The summed E-state index contributed by atoms with van der Waals surface area (Å²) in [5, 5.41) is 9.17. The molecule has 6 nitrogen and oxygen atoms in total. The second-order valence-electron chi connectivity index (χ2n) is 5.18. The average molecular weight is 290 g/mol. The Balaban J connectivity index is 2.66. The molecule has 0 heterocycles. The molecule has 1 fully saturated rings. The van der Waals surface area contributed by atoms with Gasteiger partial charge < -0.3 is 5.11 Å². The van der Waals surface area contributed by atoms with Gasteiger partial charge in [0.2, 0.25) is 10.0 Å². The number of hydrogen-bond acceptors (Lipinski definition) is 4. The molecule has 0 aromatic heterocycles. The molecule has 1 aliphatic carbocycles. The first-order chi connectivity index (χ1) is 8.78. The summed E-state index contributed by atoms with van der Waals surface area (Å²) < 4.78 is 24.3. The van der Waals surface area contributed by atoms with Gasteiger partial charge in [-0.15, -0.1) is 0 Å². The van der Waals surface area contributed by atoms with Crippen molar-refractivity contribution in [2.24, 2.45) is 10.9 Å². The predicted molar refractivity (Wildman–Crippen MR) is 73.7 cm³/mol. The number of carboxylic acid groups (broad SMARTS) is 1. The lowest BCUT2D eigenvalue weighted by atomic mass is 9.85. The van der Waals surface area contributed by atoms with E-state index in [-0.39, 0.29) is 5.84 Å². The van der Waals surface area contributed by atoms with Gasteiger partial charge >= 0.3 is 5.97 Å². The molecular formula is C12H22N2O4S. The first kappa shape index (κ1) is 15.9. The second kappa shape index (κ2) is 6.88. The zero-order valence-electron chi connectivity index (χ0n) is 11.4. The lowest BCUT2D eigenvalue weighted by molar-refractivity contribution is -0.138. The van der Waals surface area contributed by atoms with E-state index in [2.05, 4.69) is 9.71 Å². The number of aliphatic imine (C=N–C) groups is 1. The third kappa shape index (κ3) is 6.56. The first-order valence-electron chi connectivity index (χ1n) is 6.53. The van der Waals surface area contributed by atoms with Crippen LogP contribution in [0, 0.1) is 5.92 Å². The molecule has 0 amide bonds. The van der Waals surface area contributed by atoms with E-state index >= 15 is 0 Å². The predicted octanol–water partition coefficient (Wildman–Crippen LogP) is 1.38. The van der Waals surface area contributed by atoms with Crippen molar-refractivity contribution in [3.05, 3.63) is 0 Å². The highest BCUT2D eigenvalue weighted by Gasteiger charge is 2.23. The Labute approximate surface area is 114 Å². The molecule has 1 saturated carbocycles. The van der Waals surface area contributed by atoms with Crippen LogP contribution >= 0.6 is 0 Å². The number of carboxylic acids is 1. The van der Waals surface area contributed by atoms with Gasteiger partial charge in [0, 0.05) is 0 Å². The van der Waals surface area contributed by atoms with Crippen LogP contribution in [0.2, 0.25) is 0 Å². The minimum atomic E-state index is -3.40. The van der Waals surface area contributed by atoms with Gasteiger partial charge in [-0.25, -0.2) is 13.2 Å². The third-order valence-corrected chi connectivity index (χ3v) is 3.92. The second-order valence-corrected chi connectivity index (χ2v) is 6.93. The van der Waals surface area contributed by atoms with Crippen LogP contribution in [-0.2, 0) is 14.8 Å². The Morgan fingerprint density at radius 3 is 2.42 bits per heavy atom. The monoisotopic (exact) mass is 290 g/mol. The Bertz CT molecular complexity index is 439. The molecule has 0 aliphatic heterocycles. The summed E-state index contributed by atoms with van der Waals surface area (Å²) in [6, 6.07) is -0.864. The summed E-state index contributed by atoms with van der Waals surface area (Å²) >= 11 is 0. The fourth-order valence-electron chi connectivity index (χ4n) is 2.48. The molecule has 1 unspecified atom stereocenters. The lowest BCUT2D eigenvalue weighted by Gasteiger charge is -2.23. The fraction of sp³-hybridized carbons (Fsp3) is 0.833. The van der Waals surface area contributed by atoms with E-state index in [1.807, 2.05) is 0 Å². The number of hydrogen-bond donors (Lipinski definition) is 2. The Kier molecular flexibility index (Phi) is 5.78. The summed E-state index contributed by atoms with van der Waals surface area (Å²) in [6.45, 7) is 1.47. The molecule has 110 valence electrons. The van der Waals surface area contributed by atoms with Crippen LogP contribution in [0.1, 0.15) is 45.4 Å². The van der Waals surface area contributed by atoms with Gasteiger partial charge in [-0.05, 0) is 19.3 Å². The Morgan fingerprint density at radius 1 is 1.37 bits per heavy atom. The maximum absolute atomic E-state index is 11.2. The number of amidine groups is 1. The molecule has 1 atom stereocenters. The van der Waals surface area contributed by atoms with Crippen LogP contribution in [-0.4, -0.2) is 37.6 Å². The van der Waals surface area contributed by atoms with E-state index in [4.69, 9.17) is 5.11 Å². The molecule has 0 aromatic carbocycles. The summed E-state index contributed by atoms with van der Waals surface area (Å²) in [6.07, 6.45) is 7.07. The van der Waals surface area contributed by atoms with Crippen molar-refractivity contribution in [3.8, 4) is 0 Å². The zero-order valence-corrected chi connectivity index (χ0v) is 12.2. The average Bonchev–Trinajstić information content (AvgIpc) is 2.26. The van der Waals surface area contributed by atoms with Gasteiger partial charge in [0.05, 0.1) is 6.26 Å². The van der Waals surface area contributed by atoms with Gasteiger partial charge in [-0.2, -0.15) is 0 Å². The number of aliphatic carboxylic acids is 1. The topological polar surface area (TPSA) is 95.8 Å². The highest BCUT2D eigenvalue weighted by molar-refractivity contribution is 7.89. The maximum Gasteiger partial charge on any atom is 0.328 e. The van der Waals surface area contributed by atoms with Crippen molar-refractivity contribution in [1.82, 2.24) is 4.72 Å². The SMILES string of the molecule is CC(=NC(CC1CCCCC1)C(=O)O)NS(C)(=O)=O. The van der Waals surface area contributed by atoms with Crippen LogP contribution in [0.25, 0.3) is 0 Å². The van der Waals surface area contributed by atoms with Gasteiger partial charge in [-0.1, -0.05) is 32.1 Å². The molecule has 19 heavy (non-hydrogen) atoms. The smallest absolute Gasteiger partial charge is 0.328 e. The fourth-order valence-corrected chi connectivity index (χ4v) is 3.07. The highest BCUT2D eigenvalue weighted by atomic mass is 32.2. The van der Waals surface area contributed by atoms with Crippen LogP contribution < -0.4 is 4.72 Å². The largest absolute Gasteiger partial charge is 0.480 e. The highest BCUT2D eigenvalue weighted by Crippen LogP contribution is 2.28. The van der Waals surface area contributed by atoms with E-state index < -0.39 is 22.0 Å². The first-order valence-corrected chi connectivity index (χ1v) is 8.42. The van der Waals surface area contributed by atoms with E-state index in [1.54, 1.807) is 0 Å². The Hall–Kier alpha value is -1.11. The van der Waals surface area contributed by atoms with Crippen molar-refractivity contribution in [3.63, 3.8) is 0 Å². The van der Waals surface area contributed by atoms with E-state index in [9.17, 15) is 13.2 Å². The standard InChI is InChI=1S/C12H22N2O4S/c1-9(14-19(2,17)18)13-11(12(15)16)8-10-6-4-3-5-7-10/h10-11H,3-8H2,1-2H3,(H,13,14)(H,15,16). The van der Waals surface area contributed by atoms with E-state index in [1.165, 1.54) is 13.3 Å². The molecule has 1 rings (SSSR count). The summed E-state index contributed by atoms with van der Waals surface area (Å²) in [7, 11) is -3.40. The van der Waals surface area contributed by atoms with E-state index in [0.717, 1.165) is 31.9 Å². The minimum absolute atomic E-state index is 0.130. The molecule has 1 aliphatic rings. The zero-order chi connectivity index (χ0) is 14.5. The molecular weight excluding hydrogens is 268 g/mol. The van der Waals surface area contributed by atoms with Gasteiger partial charge in [0.25, 0.3) is 0 Å². The van der Waals surface area contributed by atoms with Crippen molar-refractivity contribution in [1.29, 1.82) is 0 Å². The molecule has 2 N–H and O–H groups in total. The lowest BCUT2D eigenvalue weighted by Crippen LogP contribution is -2.31. The van der Waals surface area contributed by atoms with Crippen molar-refractivity contribution < 1.29 is 18.3 Å². The Morgan fingerprint density at radius 2 is 1.95 bits per heavy atom. The van der Waals surface area contributed by atoms with Gasteiger partial charge in [0.1, 0.15) is 11.9 Å². The quantitative estimate of drug-likeness (QED) is 0.590. The normalized spacial score (nSPS) is 20.0. The summed E-state index contributed by atoms with van der Waals surface area (Å²) in [5.41, 5.74) is 0. The molecule has 0 aromatic rings. The molecule has 0 radical (unpaired) electrons. The number of nitrogens with one attached hydrogen (secondary N) is 1. The third-order valence-electron chi connectivity index (χ3n) is 3.25. The van der Waals surface area contributed by atoms with Crippen molar-refractivity contribution >= 4 is 21.8 Å². The van der Waals surface area contributed by atoms with Crippen LogP contribution in [0.15, 0.2) is 4.99 Å². The minimum Gasteiger partial charge on any atom is -0.480 e.